The SMILES string of the molecule is CN(C)c1ncnc2c3c(F)cc(F)cc3n(Cc3ccc(CP(=O)(O)O)cc3)c12. The second-order valence-electron chi connectivity index (χ2n) is 7.30. The van der Waals surface area contributed by atoms with E-state index < -0.39 is 19.2 Å². The van der Waals surface area contributed by atoms with E-state index in [9.17, 15) is 13.3 Å². The van der Waals surface area contributed by atoms with Gasteiger partial charge < -0.3 is 19.3 Å². The van der Waals surface area contributed by atoms with Crippen molar-refractivity contribution in [3.8, 4) is 0 Å². The van der Waals surface area contributed by atoms with Gasteiger partial charge in [-0.1, -0.05) is 24.3 Å². The molecule has 0 aliphatic heterocycles. The smallest absolute Gasteiger partial charge is 0.329 e. The van der Waals surface area contributed by atoms with Crippen LogP contribution in [0.4, 0.5) is 14.6 Å². The van der Waals surface area contributed by atoms with Crippen LogP contribution in [0.3, 0.4) is 0 Å². The van der Waals surface area contributed by atoms with E-state index >= 15 is 0 Å². The largest absolute Gasteiger partial charge is 0.361 e. The van der Waals surface area contributed by atoms with Gasteiger partial charge in [0.2, 0.25) is 0 Å². The van der Waals surface area contributed by atoms with E-state index in [2.05, 4.69) is 9.97 Å². The summed E-state index contributed by atoms with van der Waals surface area (Å²) in [7, 11) is -0.557. The van der Waals surface area contributed by atoms with Gasteiger partial charge in [-0.2, -0.15) is 0 Å². The third-order valence-electron chi connectivity index (χ3n) is 4.81. The first-order valence-electron chi connectivity index (χ1n) is 9.06. The molecule has 30 heavy (non-hydrogen) atoms. The molecule has 4 aromatic rings. The molecule has 7 nitrogen and oxygen atoms in total. The number of benzene rings is 2. The van der Waals surface area contributed by atoms with Gasteiger partial charge in [0.05, 0.1) is 17.1 Å². The van der Waals surface area contributed by atoms with Crippen LogP contribution in [0, 0.1) is 11.6 Å². The number of anilines is 1. The first kappa shape index (κ1) is 20.4. The Morgan fingerprint density at radius 2 is 1.73 bits per heavy atom. The molecule has 0 amide bonds. The fraction of sp³-hybridized carbons (Fsp3) is 0.200. The van der Waals surface area contributed by atoms with Crippen molar-refractivity contribution in [2.45, 2.75) is 12.7 Å². The van der Waals surface area contributed by atoms with E-state index in [1.807, 2.05) is 0 Å². The predicted molar refractivity (Wildman–Crippen MR) is 111 cm³/mol. The Hall–Kier alpha value is -2.87. The fourth-order valence-corrected chi connectivity index (χ4v) is 4.28. The lowest BCUT2D eigenvalue weighted by Crippen LogP contribution is -2.13. The molecule has 0 fully saturated rings. The van der Waals surface area contributed by atoms with Crippen LogP contribution >= 0.6 is 7.60 Å². The van der Waals surface area contributed by atoms with E-state index in [4.69, 9.17) is 9.79 Å². The van der Waals surface area contributed by atoms with Crippen molar-refractivity contribution in [2.24, 2.45) is 0 Å². The molecule has 0 unspecified atom stereocenters. The van der Waals surface area contributed by atoms with Gasteiger partial charge in [0, 0.05) is 26.7 Å². The highest BCUT2D eigenvalue weighted by Gasteiger charge is 2.21. The lowest BCUT2D eigenvalue weighted by Gasteiger charge is -2.15. The van der Waals surface area contributed by atoms with Gasteiger partial charge in [-0.25, -0.2) is 18.7 Å². The van der Waals surface area contributed by atoms with Crippen LogP contribution in [-0.2, 0) is 17.3 Å². The van der Waals surface area contributed by atoms with Gasteiger partial charge in [0.15, 0.2) is 5.82 Å². The van der Waals surface area contributed by atoms with E-state index in [0.717, 1.165) is 11.6 Å². The van der Waals surface area contributed by atoms with Crippen LogP contribution in [0.2, 0.25) is 0 Å². The number of aromatic nitrogens is 3. The zero-order chi connectivity index (χ0) is 21.6. The Labute approximate surface area is 170 Å². The molecule has 0 spiro atoms. The molecule has 0 radical (unpaired) electrons. The molecule has 4 rings (SSSR count). The van der Waals surface area contributed by atoms with Crippen LogP contribution < -0.4 is 4.90 Å². The number of halogens is 2. The topological polar surface area (TPSA) is 91.5 Å². The van der Waals surface area contributed by atoms with E-state index in [-0.39, 0.29) is 18.1 Å². The summed E-state index contributed by atoms with van der Waals surface area (Å²) in [5.41, 5.74) is 2.61. The molecule has 0 saturated heterocycles. The van der Waals surface area contributed by atoms with Gasteiger partial charge in [-0.05, 0) is 17.2 Å². The fourth-order valence-electron chi connectivity index (χ4n) is 3.59. The molecule has 2 aromatic carbocycles. The van der Waals surface area contributed by atoms with Crippen LogP contribution in [0.15, 0.2) is 42.7 Å². The molecule has 0 atom stereocenters. The van der Waals surface area contributed by atoms with Crippen molar-refractivity contribution in [3.05, 3.63) is 65.5 Å². The molecule has 0 aliphatic rings. The summed E-state index contributed by atoms with van der Waals surface area (Å²) < 4.78 is 41.7. The summed E-state index contributed by atoms with van der Waals surface area (Å²) in [6.45, 7) is 0.271. The minimum absolute atomic E-state index is 0.218. The van der Waals surface area contributed by atoms with Gasteiger partial charge >= 0.3 is 7.60 Å². The highest BCUT2D eigenvalue weighted by molar-refractivity contribution is 7.50. The van der Waals surface area contributed by atoms with Crippen LogP contribution in [0.25, 0.3) is 21.9 Å². The third kappa shape index (κ3) is 3.79. The monoisotopic (exact) mass is 432 g/mol. The maximum atomic E-state index is 14.7. The van der Waals surface area contributed by atoms with E-state index in [1.54, 1.807) is 47.8 Å². The van der Waals surface area contributed by atoms with Gasteiger partial charge in [0.25, 0.3) is 0 Å². The van der Waals surface area contributed by atoms with Crippen molar-refractivity contribution in [2.75, 3.05) is 19.0 Å². The molecule has 0 aliphatic carbocycles. The number of nitrogens with zero attached hydrogens (tertiary/aromatic N) is 4. The predicted octanol–water partition coefficient (Wildman–Crippen LogP) is 3.65. The Morgan fingerprint density at radius 1 is 1.07 bits per heavy atom. The van der Waals surface area contributed by atoms with Crippen LogP contribution in [0.1, 0.15) is 11.1 Å². The zero-order valence-corrected chi connectivity index (χ0v) is 17.1. The van der Waals surface area contributed by atoms with Gasteiger partial charge in [-0.15, -0.1) is 0 Å². The number of hydrogen-bond donors (Lipinski definition) is 2. The standard InChI is InChI=1S/C20H19F2N4O3P/c1-25(2)20-19-18(23-11-24-20)17-15(22)7-14(21)8-16(17)26(19)9-12-3-5-13(6-4-12)10-30(27,28)29/h3-8,11H,9-10H2,1-2H3,(H2,27,28,29). The molecule has 2 aromatic heterocycles. The second kappa shape index (κ2) is 7.43. The number of rotatable bonds is 5. The highest BCUT2D eigenvalue weighted by atomic mass is 31.2. The maximum Gasteiger partial charge on any atom is 0.329 e. The van der Waals surface area contributed by atoms with Crippen LogP contribution in [-0.4, -0.2) is 38.4 Å². The van der Waals surface area contributed by atoms with E-state index in [0.29, 0.717) is 27.9 Å². The Kier molecular flexibility index (Phi) is 5.05. The number of hydrogen-bond acceptors (Lipinski definition) is 4. The average molecular weight is 432 g/mol. The second-order valence-corrected chi connectivity index (χ2v) is 8.94. The minimum atomic E-state index is -4.16. The molecule has 156 valence electrons. The summed E-state index contributed by atoms with van der Waals surface area (Å²) in [6, 6.07) is 8.83. The number of fused-ring (bicyclic) bond motifs is 3. The first-order chi connectivity index (χ1) is 14.1. The van der Waals surface area contributed by atoms with Crippen molar-refractivity contribution in [1.29, 1.82) is 0 Å². The molecule has 2 N–H and O–H groups in total. The van der Waals surface area contributed by atoms with Crippen molar-refractivity contribution in [1.82, 2.24) is 14.5 Å². The normalized spacial score (nSPS) is 12.1. The lowest BCUT2D eigenvalue weighted by molar-refractivity contribution is 0.371. The summed E-state index contributed by atoms with van der Waals surface area (Å²) in [5, 5.41) is 0.218. The summed E-state index contributed by atoms with van der Waals surface area (Å²) in [6.07, 6.45) is 0.999. The average Bonchev–Trinajstić information content (AvgIpc) is 2.95. The molecule has 2 heterocycles. The third-order valence-corrected chi connectivity index (χ3v) is 5.59. The molecule has 0 bridgehead atoms. The Bertz CT molecular complexity index is 1300. The first-order valence-corrected chi connectivity index (χ1v) is 10.9. The molecule has 10 heteroatoms. The summed E-state index contributed by atoms with van der Waals surface area (Å²) in [5.74, 6) is -0.830. The Morgan fingerprint density at radius 3 is 2.37 bits per heavy atom. The quantitative estimate of drug-likeness (QED) is 0.468. The lowest BCUT2D eigenvalue weighted by atomic mass is 10.1. The highest BCUT2D eigenvalue weighted by Crippen LogP contribution is 2.39. The van der Waals surface area contributed by atoms with E-state index in [1.165, 1.54) is 12.4 Å². The Balaban J connectivity index is 1.89. The molecule has 0 saturated carbocycles. The van der Waals surface area contributed by atoms with Crippen LogP contribution in [0.5, 0.6) is 0 Å². The summed E-state index contributed by atoms with van der Waals surface area (Å²) in [4.78, 5) is 28.6. The van der Waals surface area contributed by atoms with Crippen molar-refractivity contribution >= 4 is 35.3 Å². The minimum Gasteiger partial charge on any atom is -0.361 e. The van der Waals surface area contributed by atoms with Crippen molar-refractivity contribution < 1.29 is 23.1 Å². The van der Waals surface area contributed by atoms with Gasteiger partial charge in [-0.3, -0.25) is 4.57 Å². The maximum absolute atomic E-state index is 14.7. The van der Waals surface area contributed by atoms with Crippen molar-refractivity contribution in [3.63, 3.8) is 0 Å². The molecular weight excluding hydrogens is 413 g/mol. The molecular formula is C20H19F2N4O3P. The summed E-state index contributed by atoms with van der Waals surface area (Å²) >= 11 is 0. The van der Waals surface area contributed by atoms with Gasteiger partial charge in [0.1, 0.15) is 29.0 Å². The zero-order valence-electron chi connectivity index (χ0n) is 16.3.